The average Bonchev–Trinajstić information content (AvgIpc) is 2.29. The first-order valence-electron chi connectivity index (χ1n) is 5.41. The van der Waals surface area contributed by atoms with Crippen LogP contribution >= 0.6 is 12.6 Å². The van der Waals surface area contributed by atoms with Crippen LogP contribution in [0.25, 0.3) is 6.08 Å². The molecular weight excluding hydrogens is 218 g/mol. The molecule has 16 heavy (non-hydrogen) atoms. The maximum atomic E-state index is 7.53. The lowest BCUT2D eigenvalue weighted by atomic mass is 10.2. The highest BCUT2D eigenvalue weighted by Crippen LogP contribution is 2.09. The summed E-state index contributed by atoms with van der Waals surface area (Å²) < 4.78 is 5.21. The minimum Gasteiger partial charge on any atom is -0.478 e. The average molecular weight is 235 g/mol. The highest BCUT2D eigenvalue weighted by atomic mass is 32.1. The van der Waals surface area contributed by atoms with E-state index in [4.69, 9.17) is 10.1 Å². The predicted molar refractivity (Wildman–Crippen MR) is 71.3 cm³/mol. The molecule has 1 aromatic rings. The standard InChI is InChI=1S/C13H17NOS/c1-2-3-10-15-13(14)9-6-11-4-7-12(16)8-5-11/h4-9,14,16H,2-3,10H2,1H3/b9-6+,14-13?. The fourth-order valence-corrected chi connectivity index (χ4v) is 1.28. The molecule has 0 unspecified atom stereocenters. The van der Waals surface area contributed by atoms with Crippen LogP contribution in [0.1, 0.15) is 25.3 Å². The van der Waals surface area contributed by atoms with Gasteiger partial charge in [-0.1, -0.05) is 25.5 Å². The summed E-state index contributed by atoms with van der Waals surface area (Å²) in [6.07, 6.45) is 5.61. The minimum absolute atomic E-state index is 0.211. The lowest BCUT2D eigenvalue weighted by Gasteiger charge is -2.01. The Morgan fingerprint density at radius 3 is 2.69 bits per heavy atom. The van der Waals surface area contributed by atoms with Crippen molar-refractivity contribution in [1.82, 2.24) is 0 Å². The summed E-state index contributed by atoms with van der Waals surface area (Å²) in [6.45, 7) is 2.72. The third kappa shape index (κ3) is 5.03. The van der Waals surface area contributed by atoms with Gasteiger partial charge in [0.1, 0.15) is 0 Å². The van der Waals surface area contributed by atoms with E-state index < -0.39 is 0 Å². The molecular formula is C13H17NOS. The zero-order valence-electron chi connectivity index (χ0n) is 9.44. The van der Waals surface area contributed by atoms with E-state index in [1.165, 1.54) is 0 Å². The van der Waals surface area contributed by atoms with Crippen molar-refractivity contribution in [3.63, 3.8) is 0 Å². The third-order valence-corrected chi connectivity index (χ3v) is 2.37. The maximum absolute atomic E-state index is 7.53. The van der Waals surface area contributed by atoms with E-state index in [0.29, 0.717) is 6.61 Å². The Morgan fingerprint density at radius 1 is 1.38 bits per heavy atom. The molecule has 0 spiro atoms. The largest absolute Gasteiger partial charge is 0.478 e. The first-order chi connectivity index (χ1) is 7.72. The lowest BCUT2D eigenvalue weighted by Crippen LogP contribution is -2.00. The van der Waals surface area contributed by atoms with Crippen LogP contribution in [0, 0.1) is 5.41 Å². The molecule has 0 aromatic heterocycles. The molecule has 1 N–H and O–H groups in total. The maximum Gasteiger partial charge on any atom is 0.205 e. The van der Waals surface area contributed by atoms with E-state index in [2.05, 4.69) is 19.6 Å². The summed E-state index contributed by atoms with van der Waals surface area (Å²) in [5, 5.41) is 7.53. The molecule has 0 atom stereocenters. The lowest BCUT2D eigenvalue weighted by molar-refractivity contribution is 0.297. The number of benzene rings is 1. The van der Waals surface area contributed by atoms with E-state index in [-0.39, 0.29) is 5.90 Å². The van der Waals surface area contributed by atoms with Crippen molar-refractivity contribution >= 4 is 24.6 Å². The first kappa shape index (κ1) is 12.8. The highest BCUT2D eigenvalue weighted by molar-refractivity contribution is 7.80. The molecule has 1 aromatic carbocycles. The minimum atomic E-state index is 0.211. The zero-order chi connectivity index (χ0) is 11.8. The predicted octanol–water partition coefficient (Wildman–Crippen LogP) is 3.78. The molecule has 0 aliphatic carbocycles. The van der Waals surface area contributed by atoms with Gasteiger partial charge in [0.25, 0.3) is 0 Å². The number of hydrogen-bond donors (Lipinski definition) is 2. The molecule has 0 aliphatic heterocycles. The van der Waals surface area contributed by atoms with Crippen molar-refractivity contribution in [3.05, 3.63) is 35.9 Å². The Labute approximate surface area is 102 Å². The second-order valence-corrected chi connectivity index (χ2v) is 4.01. The van der Waals surface area contributed by atoms with Gasteiger partial charge in [-0.15, -0.1) is 12.6 Å². The highest BCUT2D eigenvalue weighted by Gasteiger charge is 1.92. The number of hydrogen-bond acceptors (Lipinski definition) is 3. The van der Waals surface area contributed by atoms with Gasteiger partial charge in [0.15, 0.2) is 0 Å². The van der Waals surface area contributed by atoms with Gasteiger partial charge in [0.2, 0.25) is 5.90 Å². The monoisotopic (exact) mass is 235 g/mol. The van der Waals surface area contributed by atoms with Gasteiger partial charge in [-0.25, -0.2) is 0 Å². The van der Waals surface area contributed by atoms with Gasteiger partial charge in [0, 0.05) is 11.0 Å². The van der Waals surface area contributed by atoms with E-state index in [1.807, 2.05) is 30.3 Å². The van der Waals surface area contributed by atoms with Crippen LogP contribution in [0.2, 0.25) is 0 Å². The van der Waals surface area contributed by atoms with Gasteiger partial charge in [-0.05, 0) is 30.2 Å². The summed E-state index contributed by atoms with van der Waals surface area (Å²) in [7, 11) is 0. The molecule has 3 heteroatoms. The van der Waals surface area contributed by atoms with E-state index >= 15 is 0 Å². The molecule has 0 saturated heterocycles. The number of ether oxygens (including phenoxy) is 1. The number of nitrogens with one attached hydrogen (secondary N) is 1. The molecule has 0 fully saturated rings. The van der Waals surface area contributed by atoms with Gasteiger partial charge in [0.05, 0.1) is 6.61 Å². The van der Waals surface area contributed by atoms with Crippen LogP contribution in [0.5, 0.6) is 0 Å². The summed E-state index contributed by atoms with van der Waals surface area (Å²) in [6, 6.07) is 7.75. The Balaban J connectivity index is 2.41. The third-order valence-electron chi connectivity index (χ3n) is 2.08. The second kappa shape index (κ2) is 7.12. The van der Waals surface area contributed by atoms with Crippen LogP contribution in [-0.2, 0) is 4.74 Å². The Morgan fingerprint density at radius 2 is 2.06 bits per heavy atom. The van der Waals surface area contributed by atoms with Crippen LogP contribution in [0.15, 0.2) is 35.2 Å². The molecule has 86 valence electrons. The van der Waals surface area contributed by atoms with Crippen LogP contribution in [-0.4, -0.2) is 12.5 Å². The van der Waals surface area contributed by atoms with Crippen LogP contribution < -0.4 is 0 Å². The summed E-state index contributed by atoms with van der Waals surface area (Å²) in [5.41, 5.74) is 1.04. The molecule has 0 saturated carbocycles. The molecule has 0 radical (unpaired) electrons. The van der Waals surface area contributed by atoms with E-state index in [1.54, 1.807) is 6.08 Å². The van der Waals surface area contributed by atoms with E-state index in [0.717, 1.165) is 23.3 Å². The molecule has 0 amide bonds. The molecule has 2 nitrogen and oxygen atoms in total. The molecule has 0 aliphatic rings. The van der Waals surface area contributed by atoms with Gasteiger partial charge < -0.3 is 4.74 Å². The fraction of sp³-hybridized carbons (Fsp3) is 0.308. The van der Waals surface area contributed by atoms with Crippen molar-refractivity contribution in [1.29, 1.82) is 5.41 Å². The quantitative estimate of drug-likeness (QED) is 0.346. The van der Waals surface area contributed by atoms with Crippen molar-refractivity contribution in [2.75, 3.05) is 6.61 Å². The van der Waals surface area contributed by atoms with Crippen molar-refractivity contribution in [3.8, 4) is 0 Å². The van der Waals surface area contributed by atoms with Gasteiger partial charge in [-0.3, -0.25) is 5.41 Å². The fourth-order valence-electron chi connectivity index (χ4n) is 1.13. The molecule has 0 heterocycles. The summed E-state index contributed by atoms with van der Waals surface area (Å²) in [4.78, 5) is 0.937. The Hall–Kier alpha value is -1.22. The Kier molecular flexibility index (Phi) is 5.72. The van der Waals surface area contributed by atoms with Crippen LogP contribution in [0.3, 0.4) is 0 Å². The van der Waals surface area contributed by atoms with E-state index in [9.17, 15) is 0 Å². The SMILES string of the molecule is CCCCOC(=N)/C=C/c1ccc(S)cc1. The molecule has 1 rings (SSSR count). The van der Waals surface area contributed by atoms with Gasteiger partial charge in [-0.2, -0.15) is 0 Å². The first-order valence-corrected chi connectivity index (χ1v) is 5.85. The summed E-state index contributed by atoms with van der Waals surface area (Å²) >= 11 is 4.21. The smallest absolute Gasteiger partial charge is 0.205 e. The van der Waals surface area contributed by atoms with Gasteiger partial charge >= 0.3 is 0 Å². The van der Waals surface area contributed by atoms with Crippen molar-refractivity contribution < 1.29 is 4.74 Å². The number of unbranched alkanes of at least 4 members (excludes halogenated alkanes) is 1. The molecule has 0 bridgehead atoms. The van der Waals surface area contributed by atoms with Crippen molar-refractivity contribution in [2.45, 2.75) is 24.7 Å². The van der Waals surface area contributed by atoms with Crippen LogP contribution in [0.4, 0.5) is 0 Å². The van der Waals surface area contributed by atoms with Crippen molar-refractivity contribution in [2.24, 2.45) is 0 Å². The Bertz CT molecular complexity index is 357. The number of rotatable bonds is 5. The number of thiol groups is 1. The zero-order valence-corrected chi connectivity index (χ0v) is 10.3. The normalized spacial score (nSPS) is 10.6. The topological polar surface area (TPSA) is 33.1 Å². The second-order valence-electron chi connectivity index (χ2n) is 3.49. The summed E-state index contributed by atoms with van der Waals surface area (Å²) in [5.74, 6) is 0.211.